The van der Waals surface area contributed by atoms with E-state index in [0.29, 0.717) is 22.1 Å². The molecule has 4 rings (SSSR count). The maximum Gasteiger partial charge on any atom is 0.255 e. The minimum absolute atomic E-state index is 0.140. The summed E-state index contributed by atoms with van der Waals surface area (Å²) in [7, 11) is 1.56. The third-order valence-electron chi connectivity index (χ3n) is 5.13. The number of rotatable bonds is 4. The third-order valence-corrected chi connectivity index (χ3v) is 5.35. The van der Waals surface area contributed by atoms with Crippen molar-refractivity contribution in [1.82, 2.24) is 10.6 Å². The number of ether oxygens (including phenoxy) is 1. The first-order valence-electron chi connectivity index (χ1n) is 9.49. The van der Waals surface area contributed by atoms with Crippen molar-refractivity contribution >= 4 is 39.7 Å². The second-order valence-corrected chi connectivity index (χ2v) is 7.46. The van der Waals surface area contributed by atoms with Crippen molar-refractivity contribution in [2.75, 3.05) is 12.4 Å². The molecule has 1 amide bonds. The average Bonchev–Trinajstić information content (AvgIpc) is 2.74. The number of carbonyl (C=O) groups is 1. The van der Waals surface area contributed by atoms with Gasteiger partial charge in [0, 0.05) is 23.0 Å². The first-order chi connectivity index (χ1) is 14.9. The maximum absolute atomic E-state index is 13.6. The molecule has 1 aliphatic heterocycles. The Kier molecular flexibility index (Phi) is 5.56. The Hall–Kier alpha value is -3.52. The van der Waals surface area contributed by atoms with E-state index < -0.39 is 23.6 Å². The topological polar surface area (TPSA) is 62.4 Å². The Balaban J connectivity index is 1.82. The minimum atomic E-state index is -1.04. The molecule has 0 aliphatic carbocycles. The molecule has 31 heavy (non-hydrogen) atoms. The van der Waals surface area contributed by atoms with Gasteiger partial charge < -0.3 is 20.7 Å². The molecular weight excluding hydrogens is 420 g/mol. The fourth-order valence-electron chi connectivity index (χ4n) is 3.74. The number of allylic oxidation sites excluding steroid dienone is 1. The highest BCUT2D eigenvalue weighted by Crippen LogP contribution is 2.38. The number of anilines is 1. The fraction of sp³-hybridized carbons (Fsp3) is 0.130. The molecule has 1 heterocycles. The summed E-state index contributed by atoms with van der Waals surface area (Å²) in [5.74, 6) is -1.92. The van der Waals surface area contributed by atoms with Crippen LogP contribution in [0.3, 0.4) is 0 Å². The zero-order chi connectivity index (χ0) is 22.1. The van der Waals surface area contributed by atoms with Crippen molar-refractivity contribution in [2.24, 2.45) is 0 Å². The molecule has 0 spiro atoms. The van der Waals surface area contributed by atoms with E-state index in [2.05, 4.69) is 16.0 Å². The smallest absolute Gasteiger partial charge is 0.255 e. The molecule has 8 heteroatoms. The van der Waals surface area contributed by atoms with Gasteiger partial charge in [-0.25, -0.2) is 8.78 Å². The van der Waals surface area contributed by atoms with Crippen molar-refractivity contribution < 1.29 is 18.3 Å². The van der Waals surface area contributed by atoms with Crippen LogP contribution in [-0.2, 0) is 4.79 Å². The van der Waals surface area contributed by atoms with Gasteiger partial charge in [-0.3, -0.25) is 4.79 Å². The molecule has 1 atom stereocenters. The predicted molar refractivity (Wildman–Crippen MR) is 120 cm³/mol. The van der Waals surface area contributed by atoms with Gasteiger partial charge in [0.05, 0.1) is 18.7 Å². The summed E-state index contributed by atoms with van der Waals surface area (Å²) in [5.41, 5.74) is 1.79. The van der Waals surface area contributed by atoms with Crippen LogP contribution in [0.2, 0.25) is 0 Å². The van der Waals surface area contributed by atoms with E-state index in [1.54, 1.807) is 14.0 Å². The summed E-state index contributed by atoms with van der Waals surface area (Å²) >= 11 is 5.34. The highest BCUT2D eigenvalue weighted by Gasteiger charge is 2.33. The molecule has 0 fully saturated rings. The lowest BCUT2D eigenvalue weighted by Crippen LogP contribution is -2.46. The molecule has 0 saturated heterocycles. The SMILES string of the molecule is COc1ccc2ccccc2c1C1NC(=S)NC(C)=C1C(=O)Nc1ccc(F)c(F)c1. The number of benzene rings is 3. The van der Waals surface area contributed by atoms with E-state index in [1.807, 2.05) is 36.4 Å². The van der Waals surface area contributed by atoms with Gasteiger partial charge in [0.1, 0.15) is 5.75 Å². The van der Waals surface area contributed by atoms with Gasteiger partial charge in [0.25, 0.3) is 5.91 Å². The van der Waals surface area contributed by atoms with Gasteiger partial charge in [-0.2, -0.15) is 0 Å². The number of methoxy groups -OCH3 is 1. The first-order valence-corrected chi connectivity index (χ1v) is 9.90. The van der Waals surface area contributed by atoms with E-state index in [1.165, 1.54) is 6.07 Å². The van der Waals surface area contributed by atoms with E-state index in [-0.39, 0.29) is 5.69 Å². The highest BCUT2D eigenvalue weighted by molar-refractivity contribution is 7.80. The van der Waals surface area contributed by atoms with E-state index in [9.17, 15) is 13.6 Å². The van der Waals surface area contributed by atoms with E-state index >= 15 is 0 Å². The number of hydrogen-bond acceptors (Lipinski definition) is 3. The first kappa shape index (κ1) is 20.7. The lowest BCUT2D eigenvalue weighted by atomic mass is 9.90. The van der Waals surface area contributed by atoms with Gasteiger partial charge in [-0.1, -0.05) is 30.3 Å². The number of amides is 1. The van der Waals surface area contributed by atoms with Crippen LogP contribution >= 0.6 is 12.2 Å². The summed E-state index contributed by atoms with van der Waals surface area (Å²) in [6, 6.07) is 14.1. The van der Waals surface area contributed by atoms with Crippen LogP contribution in [-0.4, -0.2) is 18.1 Å². The van der Waals surface area contributed by atoms with Crippen LogP contribution in [0.15, 0.2) is 65.9 Å². The quantitative estimate of drug-likeness (QED) is 0.521. The highest BCUT2D eigenvalue weighted by atomic mass is 32.1. The molecule has 1 aliphatic rings. The Bertz CT molecular complexity index is 1240. The van der Waals surface area contributed by atoms with Gasteiger partial charge in [0.2, 0.25) is 0 Å². The van der Waals surface area contributed by atoms with Crippen molar-refractivity contribution in [1.29, 1.82) is 0 Å². The van der Waals surface area contributed by atoms with Crippen molar-refractivity contribution in [3.8, 4) is 5.75 Å². The Morgan fingerprint density at radius 2 is 1.87 bits per heavy atom. The second-order valence-electron chi connectivity index (χ2n) is 7.06. The summed E-state index contributed by atoms with van der Waals surface area (Å²) in [4.78, 5) is 13.3. The maximum atomic E-state index is 13.6. The molecule has 3 N–H and O–H groups in total. The molecule has 5 nitrogen and oxygen atoms in total. The van der Waals surface area contributed by atoms with Crippen LogP contribution in [0.1, 0.15) is 18.5 Å². The number of halogens is 2. The molecule has 0 aromatic heterocycles. The second kappa shape index (κ2) is 8.31. The third kappa shape index (κ3) is 3.94. The number of carbonyl (C=O) groups excluding carboxylic acids is 1. The summed E-state index contributed by atoms with van der Waals surface area (Å²) in [6.45, 7) is 1.73. The Labute approximate surface area is 183 Å². The van der Waals surface area contributed by atoms with Crippen LogP contribution in [0.4, 0.5) is 14.5 Å². The molecule has 3 aromatic carbocycles. The number of fused-ring (bicyclic) bond motifs is 1. The number of nitrogens with one attached hydrogen (secondary N) is 3. The predicted octanol–water partition coefficient (Wildman–Crippen LogP) is 4.56. The molecule has 1 unspecified atom stereocenters. The lowest BCUT2D eigenvalue weighted by Gasteiger charge is -2.32. The Morgan fingerprint density at radius 1 is 1.10 bits per heavy atom. The molecular formula is C23H19F2N3O2S. The standard InChI is InChI=1S/C23H19F2N3O2S/c1-12-19(22(29)27-14-8-9-16(24)17(25)11-14)21(28-23(31)26-12)20-15-6-4-3-5-13(15)7-10-18(20)30-2/h3-11,21H,1-2H3,(H,27,29)(H2,26,28,31). The van der Waals surface area contributed by atoms with Crippen LogP contribution in [0.5, 0.6) is 5.75 Å². The van der Waals surface area contributed by atoms with Crippen molar-refractivity contribution in [3.63, 3.8) is 0 Å². The van der Waals surface area contributed by atoms with Crippen LogP contribution in [0.25, 0.3) is 10.8 Å². The normalized spacial score (nSPS) is 16.0. The largest absolute Gasteiger partial charge is 0.496 e. The molecule has 158 valence electrons. The van der Waals surface area contributed by atoms with Gasteiger partial charge in [0.15, 0.2) is 16.7 Å². The zero-order valence-corrected chi connectivity index (χ0v) is 17.6. The van der Waals surface area contributed by atoms with E-state index in [4.69, 9.17) is 17.0 Å². The molecule has 0 saturated carbocycles. The molecule has 3 aromatic rings. The minimum Gasteiger partial charge on any atom is -0.496 e. The van der Waals surface area contributed by atoms with Gasteiger partial charge in [-0.05, 0) is 48.1 Å². The van der Waals surface area contributed by atoms with Crippen molar-refractivity contribution in [2.45, 2.75) is 13.0 Å². The average molecular weight is 439 g/mol. The summed E-state index contributed by atoms with van der Waals surface area (Å²) < 4.78 is 32.5. The van der Waals surface area contributed by atoms with Crippen LogP contribution in [0, 0.1) is 11.6 Å². The number of thiocarbonyl (C=S) groups is 1. The van der Waals surface area contributed by atoms with E-state index in [0.717, 1.165) is 28.5 Å². The molecule has 0 bridgehead atoms. The lowest BCUT2D eigenvalue weighted by molar-refractivity contribution is -0.113. The zero-order valence-electron chi connectivity index (χ0n) is 16.8. The van der Waals surface area contributed by atoms with Gasteiger partial charge in [-0.15, -0.1) is 0 Å². The number of hydrogen-bond donors (Lipinski definition) is 3. The summed E-state index contributed by atoms with van der Waals surface area (Å²) in [6.07, 6.45) is 0. The monoisotopic (exact) mass is 439 g/mol. The van der Waals surface area contributed by atoms with Crippen molar-refractivity contribution in [3.05, 3.63) is 83.1 Å². The fourth-order valence-corrected chi connectivity index (χ4v) is 4.01. The van der Waals surface area contributed by atoms with Gasteiger partial charge >= 0.3 is 0 Å². The Morgan fingerprint density at radius 3 is 2.61 bits per heavy atom. The molecule has 0 radical (unpaired) electrons. The van der Waals surface area contributed by atoms with Crippen LogP contribution < -0.4 is 20.7 Å². The summed E-state index contributed by atoms with van der Waals surface area (Å²) in [5, 5.41) is 11.0.